The second-order valence-electron chi connectivity index (χ2n) is 4.38. The van der Waals surface area contributed by atoms with E-state index in [2.05, 4.69) is 5.10 Å². The van der Waals surface area contributed by atoms with Gasteiger partial charge < -0.3 is 15.6 Å². The Bertz CT molecular complexity index is 539. The second-order valence-corrected chi connectivity index (χ2v) is 4.38. The van der Waals surface area contributed by atoms with Crippen molar-refractivity contribution in [2.24, 2.45) is 0 Å². The van der Waals surface area contributed by atoms with Gasteiger partial charge in [0, 0.05) is 24.1 Å². The number of anilines is 1. The lowest BCUT2D eigenvalue weighted by Gasteiger charge is -2.12. The highest BCUT2D eigenvalue weighted by Gasteiger charge is 2.14. The van der Waals surface area contributed by atoms with E-state index in [-0.39, 0.29) is 6.23 Å². The van der Waals surface area contributed by atoms with Crippen molar-refractivity contribution in [3.63, 3.8) is 0 Å². The third-order valence-corrected chi connectivity index (χ3v) is 2.94. The number of hydrogen-bond acceptors (Lipinski definition) is 4. The lowest BCUT2D eigenvalue weighted by molar-refractivity contribution is 0.0158. The van der Waals surface area contributed by atoms with Crippen LogP contribution in [0.5, 0.6) is 0 Å². The van der Waals surface area contributed by atoms with Crippen LogP contribution in [0.4, 0.5) is 5.69 Å². The highest BCUT2D eigenvalue weighted by atomic mass is 16.5. The predicted octanol–water partition coefficient (Wildman–Crippen LogP) is 2.10. The fourth-order valence-corrected chi connectivity index (χ4v) is 1.93. The summed E-state index contributed by atoms with van der Waals surface area (Å²) in [5, 5.41) is 14.5. The van der Waals surface area contributed by atoms with E-state index < -0.39 is 6.10 Å². The molecule has 0 saturated heterocycles. The van der Waals surface area contributed by atoms with Crippen molar-refractivity contribution < 1.29 is 9.84 Å². The standard InChI is InChI=1S/C14H19N3O2/c1-3-19-10(2)17-9-12(8-16-17)14(18)11-5-4-6-13(15)7-11/h4-10,14,18H,3,15H2,1-2H3. The fourth-order valence-electron chi connectivity index (χ4n) is 1.93. The molecule has 1 aromatic heterocycles. The van der Waals surface area contributed by atoms with Crippen molar-refractivity contribution >= 4 is 5.69 Å². The van der Waals surface area contributed by atoms with Crippen LogP contribution >= 0.6 is 0 Å². The molecule has 2 aromatic rings. The lowest BCUT2D eigenvalue weighted by Crippen LogP contribution is -2.09. The zero-order valence-electron chi connectivity index (χ0n) is 11.2. The first-order chi connectivity index (χ1) is 9.11. The van der Waals surface area contributed by atoms with Gasteiger partial charge >= 0.3 is 0 Å². The quantitative estimate of drug-likeness (QED) is 0.808. The van der Waals surface area contributed by atoms with E-state index in [4.69, 9.17) is 10.5 Å². The van der Waals surface area contributed by atoms with Crippen LogP contribution in [0.3, 0.4) is 0 Å². The number of aliphatic hydroxyl groups excluding tert-OH is 1. The van der Waals surface area contributed by atoms with Crippen molar-refractivity contribution in [1.82, 2.24) is 9.78 Å². The molecule has 0 aliphatic rings. The van der Waals surface area contributed by atoms with Gasteiger partial charge in [-0.2, -0.15) is 5.10 Å². The largest absolute Gasteiger partial charge is 0.399 e. The molecule has 0 spiro atoms. The molecule has 1 aromatic carbocycles. The van der Waals surface area contributed by atoms with E-state index in [0.29, 0.717) is 12.3 Å². The number of nitrogen functional groups attached to an aromatic ring is 1. The minimum atomic E-state index is -0.730. The van der Waals surface area contributed by atoms with Crippen molar-refractivity contribution in [1.29, 1.82) is 0 Å². The maximum atomic E-state index is 10.3. The summed E-state index contributed by atoms with van der Waals surface area (Å²) in [5.74, 6) is 0. The van der Waals surface area contributed by atoms with Crippen LogP contribution in [-0.4, -0.2) is 21.5 Å². The van der Waals surface area contributed by atoms with Gasteiger partial charge in [-0.1, -0.05) is 12.1 Å². The summed E-state index contributed by atoms with van der Waals surface area (Å²) in [5.41, 5.74) is 7.82. The molecule has 19 heavy (non-hydrogen) atoms. The Morgan fingerprint density at radius 3 is 2.89 bits per heavy atom. The minimum Gasteiger partial charge on any atom is -0.399 e. The minimum absolute atomic E-state index is 0.146. The number of aromatic nitrogens is 2. The number of rotatable bonds is 5. The van der Waals surface area contributed by atoms with E-state index >= 15 is 0 Å². The van der Waals surface area contributed by atoms with E-state index in [9.17, 15) is 5.11 Å². The molecule has 0 saturated carbocycles. The molecular formula is C14H19N3O2. The van der Waals surface area contributed by atoms with Crippen molar-refractivity contribution in [3.05, 3.63) is 47.8 Å². The van der Waals surface area contributed by atoms with Gasteiger partial charge in [-0.3, -0.25) is 0 Å². The molecule has 0 amide bonds. The number of nitrogens with zero attached hydrogens (tertiary/aromatic N) is 2. The highest BCUT2D eigenvalue weighted by Crippen LogP contribution is 2.23. The maximum absolute atomic E-state index is 10.3. The smallest absolute Gasteiger partial charge is 0.147 e. The van der Waals surface area contributed by atoms with Crippen LogP contribution in [0.1, 0.15) is 37.3 Å². The first-order valence-electron chi connectivity index (χ1n) is 6.31. The van der Waals surface area contributed by atoms with Gasteiger partial charge in [0.05, 0.1) is 6.20 Å². The molecule has 1 heterocycles. The van der Waals surface area contributed by atoms with Crippen LogP contribution < -0.4 is 5.73 Å². The van der Waals surface area contributed by atoms with Crippen molar-refractivity contribution in [2.75, 3.05) is 12.3 Å². The Morgan fingerprint density at radius 2 is 2.21 bits per heavy atom. The van der Waals surface area contributed by atoms with Gasteiger partial charge in [-0.05, 0) is 31.5 Å². The van der Waals surface area contributed by atoms with Gasteiger partial charge in [-0.15, -0.1) is 0 Å². The van der Waals surface area contributed by atoms with E-state index in [0.717, 1.165) is 11.1 Å². The van der Waals surface area contributed by atoms with Crippen LogP contribution in [0, 0.1) is 0 Å². The van der Waals surface area contributed by atoms with E-state index in [1.54, 1.807) is 29.2 Å². The molecule has 5 nitrogen and oxygen atoms in total. The van der Waals surface area contributed by atoms with Gasteiger partial charge in [0.2, 0.25) is 0 Å². The molecule has 0 fully saturated rings. The highest BCUT2D eigenvalue weighted by molar-refractivity contribution is 5.43. The lowest BCUT2D eigenvalue weighted by atomic mass is 10.0. The van der Waals surface area contributed by atoms with Gasteiger partial charge in [0.15, 0.2) is 0 Å². The number of nitrogens with two attached hydrogens (primary N) is 1. The van der Waals surface area contributed by atoms with Gasteiger partial charge in [0.1, 0.15) is 12.3 Å². The Balaban J connectivity index is 2.18. The fraction of sp³-hybridized carbons (Fsp3) is 0.357. The first-order valence-corrected chi connectivity index (χ1v) is 6.31. The molecule has 0 aliphatic heterocycles. The van der Waals surface area contributed by atoms with E-state index in [1.165, 1.54) is 0 Å². The van der Waals surface area contributed by atoms with Crippen molar-refractivity contribution in [2.45, 2.75) is 26.2 Å². The Morgan fingerprint density at radius 1 is 1.42 bits per heavy atom. The normalized spacial score (nSPS) is 14.3. The molecule has 3 N–H and O–H groups in total. The zero-order chi connectivity index (χ0) is 13.8. The monoisotopic (exact) mass is 261 g/mol. The topological polar surface area (TPSA) is 73.3 Å². The summed E-state index contributed by atoms with van der Waals surface area (Å²) in [6.07, 6.45) is 2.55. The zero-order valence-corrected chi connectivity index (χ0v) is 11.2. The molecule has 0 aliphatic carbocycles. The number of benzene rings is 1. The first kappa shape index (κ1) is 13.6. The van der Waals surface area contributed by atoms with E-state index in [1.807, 2.05) is 26.0 Å². The summed E-state index contributed by atoms with van der Waals surface area (Å²) in [4.78, 5) is 0. The predicted molar refractivity (Wildman–Crippen MR) is 73.5 cm³/mol. The van der Waals surface area contributed by atoms with Gasteiger partial charge in [-0.25, -0.2) is 4.68 Å². The molecule has 2 rings (SSSR count). The van der Waals surface area contributed by atoms with Crippen molar-refractivity contribution in [3.8, 4) is 0 Å². The molecule has 0 radical (unpaired) electrons. The van der Waals surface area contributed by atoms with Crippen LogP contribution in [0.25, 0.3) is 0 Å². The van der Waals surface area contributed by atoms with Crippen LogP contribution in [0.2, 0.25) is 0 Å². The summed E-state index contributed by atoms with van der Waals surface area (Å²) < 4.78 is 7.13. The molecule has 102 valence electrons. The number of hydrogen-bond donors (Lipinski definition) is 2. The van der Waals surface area contributed by atoms with Gasteiger partial charge in [0.25, 0.3) is 0 Å². The summed E-state index contributed by atoms with van der Waals surface area (Å²) in [7, 11) is 0. The van der Waals surface area contributed by atoms with Crippen LogP contribution in [-0.2, 0) is 4.74 Å². The molecule has 0 bridgehead atoms. The Hall–Kier alpha value is -1.85. The molecular weight excluding hydrogens is 242 g/mol. The summed E-state index contributed by atoms with van der Waals surface area (Å²) >= 11 is 0. The average Bonchev–Trinajstić information content (AvgIpc) is 2.88. The Kier molecular flexibility index (Phi) is 4.19. The second kappa shape index (κ2) is 5.86. The molecule has 2 atom stereocenters. The Labute approximate surface area is 112 Å². The summed E-state index contributed by atoms with van der Waals surface area (Å²) in [6, 6.07) is 7.20. The molecule has 5 heteroatoms. The third kappa shape index (κ3) is 3.13. The number of aliphatic hydroxyl groups is 1. The third-order valence-electron chi connectivity index (χ3n) is 2.94. The molecule has 2 unspecified atom stereocenters. The summed E-state index contributed by atoms with van der Waals surface area (Å²) in [6.45, 7) is 4.46. The number of ether oxygens (including phenoxy) is 1. The van der Waals surface area contributed by atoms with Crippen LogP contribution in [0.15, 0.2) is 36.7 Å². The SMILES string of the molecule is CCOC(C)n1cc(C(O)c2cccc(N)c2)cn1. The maximum Gasteiger partial charge on any atom is 0.147 e. The average molecular weight is 261 g/mol.